The summed E-state index contributed by atoms with van der Waals surface area (Å²) < 4.78 is 0. The molecule has 1 amide bonds. The molecule has 0 aliphatic carbocycles. The molecule has 1 aromatic rings. The lowest BCUT2D eigenvalue weighted by atomic mass is 10.2. The van der Waals surface area contributed by atoms with Crippen LogP contribution in [0.1, 0.15) is 5.56 Å². The number of hydrogen-bond acceptors (Lipinski definition) is 2. The summed E-state index contributed by atoms with van der Waals surface area (Å²) in [5.41, 5.74) is 2.62. The molecule has 4 N–H and O–H groups in total. The summed E-state index contributed by atoms with van der Waals surface area (Å²) >= 11 is 0. The standard InChI is InChI=1S/C8H8.CH4N2O2/c1-2-8-6-4-3-5-7-8;2-3-1(4)5/h2-7H,1H2;3H,2H2,(H,4,5). The van der Waals surface area contributed by atoms with E-state index in [9.17, 15) is 0 Å². The summed E-state index contributed by atoms with van der Waals surface area (Å²) in [7, 11) is 0. The minimum absolute atomic E-state index is 1.17. The summed E-state index contributed by atoms with van der Waals surface area (Å²) in [6.45, 7) is 3.63. The second-order valence-corrected chi connectivity index (χ2v) is 2.06. The number of benzene rings is 1. The maximum atomic E-state index is 9.13. The molecule has 0 saturated carbocycles. The topological polar surface area (TPSA) is 75.3 Å². The van der Waals surface area contributed by atoms with Gasteiger partial charge in [0.05, 0.1) is 0 Å². The van der Waals surface area contributed by atoms with E-state index in [1.807, 2.05) is 36.4 Å². The van der Waals surface area contributed by atoms with Crippen molar-refractivity contribution in [3.63, 3.8) is 0 Å². The maximum absolute atomic E-state index is 9.13. The van der Waals surface area contributed by atoms with Crippen LogP contribution in [0.5, 0.6) is 0 Å². The molecule has 0 radical (unpaired) electrons. The molecule has 0 heterocycles. The minimum Gasteiger partial charge on any atom is -0.464 e. The largest absolute Gasteiger partial charge is 0.464 e. The summed E-state index contributed by atoms with van der Waals surface area (Å²) in [4.78, 5) is 9.13. The van der Waals surface area contributed by atoms with Gasteiger partial charge in [-0.05, 0) is 5.56 Å². The Morgan fingerprint density at radius 3 is 2.15 bits per heavy atom. The van der Waals surface area contributed by atoms with E-state index in [0.29, 0.717) is 0 Å². The Labute approximate surface area is 76.7 Å². The zero-order valence-electron chi connectivity index (χ0n) is 7.10. The Balaban J connectivity index is 0.000000252. The van der Waals surface area contributed by atoms with Gasteiger partial charge in [-0.1, -0.05) is 43.0 Å². The van der Waals surface area contributed by atoms with Crippen LogP contribution in [0.3, 0.4) is 0 Å². The fourth-order valence-corrected chi connectivity index (χ4v) is 0.589. The number of hydrazine groups is 1. The third kappa shape index (κ3) is 6.58. The number of amides is 1. The van der Waals surface area contributed by atoms with Gasteiger partial charge in [0.25, 0.3) is 0 Å². The zero-order chi connectivity index (χ0) is 10.1. The van der Waals surface area contributed by atoms with Gasteiger partial charge in [0.15, 0.2) is 0 Å². The Morgan fingerprint density at radius 2 is 1.92 bits per heavy atom. The highest BCUT2D eigenvalue weighted by molar-refractivity contribution is 5.63. The van der Waals surface area contributed by atoms with Crippen LogP contribution in [-0.2, 0) is 0 Å². The van der Waals surface area contributed by atoms with Crippen LogP contribution in [0.2, 0.25) is 0 Å². The Morgan fingerprint density at radius 1 is 1.46 bits per heavy atom. The van der Waals surface area contributed by atoms with Crippen LogP contribution in [0, 0.1) is 0 Å². The SMILES string of the molecule is C=Cc1ccccc1.NNC(=O)O. The lowest BCUT2D eigenvalue weighted by Crippen LogP contribution is -2.27. The van der Waals surface area contributed by atoms with Gasteiger partial charge in [0.2, 0.25) is 0 Å². The van der Waals surface area contributed by atoms with E-state index in [1.54, 1.807) is 0 Å². The Kier molecular flexibility index (Phi) is 5.92. The van der Waals surface area contributed by atoms with Crippen molar-refractivity contribution in [2.24, 2.45) is 5.84 Å². The molecule has 0 atom stereocenters. The third-order valence-electron chi connectivity index (χ3n) is 1.16. The first-order valence-electron chi connectivity index (χ1n) is 3.57. The van der Waals surface area contributed by atoms with Gasteiger partial charge in [-0.25, -0.2) is 10.6 Å². The molecule has 0 saturated heterocycles. The number of carbonyl (C=O) groups is 1. The Bertz CT molecular complexity index is 260. The number of nitrogens with two attached hydrogens (primary N) is 1. The first-order chi connectivity index (χ1) is 6.20. The molecular weight excluding hydrogens is 168 g/mol. The molecule has 4 heteroatoms. The van der Waals surface area contributed by atoms with Crippen molar-refractivity contribution in [2.75, 3.05) is 0 Å². The van der Waals surface area contributed by atoms with Gasteiger partial charge >= 0.3 is 6.09 Å². The molecule has 0 fully saturated rings. The molecule has 0 spiro atoms. The first-order valence-corrected chi connectivity index (χ1v) is 3.57. The highest BCUT2D eigenvalue weighted by Gasteiger charge is 1.77. The molecule has 70 valence electrons. The molecule has 13 heavy (non-hydrogen) atoms. The van der Waals surface area contributed by atoms with E-state index in [1.165, 1.54) is 11.0 Å². The Hall–Kier alpha value is -1.81. The first kappa shape index (κ1) is 11.2. The van der Waals surface area contributed by atoms with E-state index in [-0.39, 0.29) is 0 Å². The van der Waals surface area contributed by atoms with Crippen LogP contribution in [-0.4, -0.2) is 11.2 Å². The van der Waals surface area contributed by atoms with E-state index in [4.69, 9.17) is 9.90 Å². The number of nitrogens with one attached hydrogen (secondary N) is 1. The highest BCUT2D eigenvalue weighted by atomic mass is 16.4. The lowest BCUT2D eigenvalue weighted by Gasteiger charge is -1.85. The van der Waals surface area contributed by atoms with E-state index >= 15 is 0 Å². The zero-order valence-corrected chi connectivity index (χ0v) is 7.10. The van der Waals surface area contributed by atoms with Crippen LogP contribution in [0.4, 0.5) is 4.79 Å². The van der Waals surface area contributed by atoms with Crippen LogP contribution >= 0.6 is 0 Å². The fraction of sp³-hybridized carbons (Fsp3) is 0. The summed E-state index contributed by atoms with van der Waals surface area (Å²) in [5, 5.41) is 7.49. The van der Waals surface area contributed by atoms with Crippen molar-refractivity contribution in [3.8, 4) is 0 Å². The fourth-order valence-electron chi connectivity index (χ4n) is 0.589. The molecule has 1 rings (SSSR count). The second kappa shape index (κ2) is 6.87. The van der Waals surface area contributed by atoms with E-state index < -0.39 is 6.09 Å². The van der Waals surface area contributed by atoms with E-state index in [0.717, 1.165) is 0 Å². The number of carboxylic acid groups (broad SMARTS) is 1. The predicted molar refractivity (Wildman–Crippen MR) is 51.9 cm³/mol. The average molecular weight is 180 g/mol. The predicted octanol–water partition coefficient (Wildman–Crippen LogP) is 1.46. The number of hydrogen-bond donors (Lipinski definition) is 3. The van der Waals surface area contributed by atoms with Gasteiger partial charge in [0, 0.05) is 0 Å². The van der Waals surface area contributed by atoms with E-state index in [2.05, 4.69) is 12.4 Å². The molecule has 1 aromatic carbocycles. The van der Waals surface area contributed by atoms with Crippen molar-refractivity contribution < 1.29 is 9.90 Å². The van der Waals surface area contributed by atoms with Crippen molar-refractivity contribution in [2.45, 2.75) is 0 Å². The van der Waals surface area contributed by atoms with Crippen molar-refractivity contribution >= 4 is 12.2 Å². The van der Waals surface area contributed by atoms with Crippen LogP contribution in [0.25, 0.3) is 6.08 Å². The normalized spacial score (nSPS) is 7.77. The molecule has 0 aliphatic rings. The average Bonchev–Trinajstić information content (AvgIpc) is 2.20. The molecule has 0 unspecified atom stereocenters. The minimum atomic E-state index is -1.22. The second-order valence-electron chi connectivity index (χ2n) is 2.06. The van der Waals surface area contributed by atoms with Crippen molar-refractivity contribution in [1.82, 2.24) is 5.43 Å². The smallest absolute Gasteiger partial charge is 0.418 e. The van der Waals surface area contributed by atoms with Gasteiger partial charge in [-0.2, -0.15) is 0 Å². The quantitative estimate of drug-likeness (QED) is 0.348. The molecule has 4 nitrogen and oxygen atoms in total. The maximum Gasteiger partial charge on any atom is 0.418 e. The molecule has 0 aromatic heterocycles. The van der Waals surface area contributed by atoms with Crippen LogP contribution < -0.4 is 11.3 Å². The van der Waals surface area contributed by atoms with Gasteiger partial charge in [0.1, 0.15) is 0 Å². The monoisotopic (exact) mass is 180 g/mol. The van der Waals surface area contributed by atoms with Crippen molar-refractivity contribution in [1.29, 1.82) is 0 Å². The molecular formula is C9H12N2O2. The van der Waals surface area contributed by atoms with Gasteiger partial charge < -0.3 is 5.11 Å². The summed E-state index contributed by atoms with van der Waals surface area (Å²) in [6, 6.07) is 10.0. The number of rotatable bonds is 1. The van der Waals surface area contributed by atoms with Gasteiger partial charge in [-0.3, -0.25) is 5.43 Å². The molecule has 0 bridgehead atoms. The van der Waals surface area contributed by atoms with Crippen LogP contribution in [0.15, 0.2) is 36.9 Å². The van der Waals surface area contributed by atoms with Crippen molar-refractivity contribution in [3.05, 3.63) is 42.5 Å². The molecule has 0 aliphatic heterocycles. The summed E-state index contributed by atoms with van der Waals surface area (Å²) in [5.74, 6) is 4.32. The van der Waals surface area contributed by atoms with Gasteiger partial charge in [-0.15, -0.1) is 0 Å². The highest BCUT2D eigenvalue weighted by Crippen LogP contribution is 1.97. The summed E-state index contributed by atoms with van der Waals surface area (Å²) in [6.07, 6.45) is 0.616. The third-order valence-corrected chi connectivity index (χ3v) is 1.16. The lowest BCUT2D eigenvalue weighted by molar-refractivity contribution is 0.194.